The zero-order valence-electron chi connectivity index (χ0n) is 17.2. The largest absolute Gasteiger partial charge is 0.350 e. The quantitative estimate of drug-likeness (QED) is 0.419. The molecule has 2 amide bonds. The number of fused-ring (bicyclic) bond motifs is 1. The summed E-state index contributed by atoms with van der Waals surface area (Å²) in [7, 11) is 0. The summed E-state index contributed by atoms with van der Waals surface area (Å²) in [6.45, 7) is 2.00. The predicted octanol–water partition coefficient (Wildman–Crippen LogP) is 5.30. The van der Waals surface area contributed by atoms with Crippen LogP contribution in [0.4, 0.5) is 5.69 Å². The SMILES string of the molecule is C[C@H](CCc1ccccc1)NC(=O)c1cccc(NC(=O)c2nsc3ccccc23)c1. The molecule has 31 heavy (non-hydrogen) atoms. The fourth-order valence-corrected chi connectivity index (χ4v) is 4.16. The van der Waals surface area contributed by atoms with Crippen molar-refractivity contribution in [3.05, 3.63) is 95.7 Å². The molecule has 0 aliphatic rings. The van der Waals surface area contributed by atoms with Crippen molar-refractivity contribution < 1.29 is 9.59 Å². The maximum absolute atomic E-state index is 12.7. The van der Waals surface area contributed by atoms with Gasteiger partial charge in [0.25, 0.3) is 11.8 Å². The highest BCUT2D eigenvalue weighted by Crippen LogP contribution is 2.23. The van der Waals surface area contributed by atoms with Crippen molar-refractivity contribution in [2.75, 3.05) is 5.32 Å². The fourth-order valence-electron chi connectivity index (χ4n) is 3.39. The van der Waals surface area contributed by atoms with Crippen LogP contribution in [0.2, 0.25) is 0 Å². The number of nitrogens with one attached hydrogen (secondary N) is 2. The van der Waals surface area contributed by atoms with Gasteiger partial charge in [-0.15, -0.1) is 0 Å². The molecule has 0 fully saturated rings. The van der Waals surface area contributed by atoms with Crippen LogP contribution in [0.1, 0.15) is 39.8 Å². The van der Waals surface area contributed by atoms with E-state index in [1.165, 1.54) is 17.1 Å². The third kappa shape index (κ3) is 5.16. The summed E-state index contributed by atoms with van der Waals surface area (Å²) in [5.41, 5.74) is 2.71. The lowest BCUT2D eigenvalue weighted by molar-refractivity contribution is 0.0937. The van der Waals surface area contributed by atoms with Crippen LogP contribution in [0.5, 0.6) is 0 Å². The summed E-state index contributed by atoms with van der Waals surface area (Å²) >= 11 is 1.30. The van der Waals surface area contributed by atoms with Crippen molar-refractivity contribution >= 4 is 39.1 Å². The minimum atomic E-state index is -0.286. The first-order chi connectivity index (χ1) is 15.1. The minimum absolute atomic E-state index is 0.0346. The van der Waals surface area contributed by atoms with Crippen molar-refractivity contribution in [3.63, 3.8) is 0 Å². The molecule has 4 rings (SSSR count). The van der Waals surface area contributed by atoms with E-state index in [9.17, 15) is 9.59 Å². The van der Waals surface area contributed by atoms with E-state index in [1.807, 2.05) is 49.4 Å². The van der Waals surface area contributed by atoms with Crippen molar-refractivity contribution in [2.45, 2.75) is 25.8 Å². The number of hydrogen-bond donors (Lipinski definition) is 2. The molecule has 6 heteroatoms. The van der Waals surface area contributed by atoms with Crippen LogP contribution in [0.3, 0.4) is 0 Å². The summed E-state index contributed by atoms with van der Waals surface area (Å²) in [6.07, 6.45) is 1.75. The second-order valence-corrected chi connectivity index (χ2v) is 8.27. The second-order valence-electron chi connectivity index (χ2n) is 7.46. The van der Waals surface area contributed by atoms with Crippen LogP contribution in [0.25, 0.3) is 10.1 Å². The van der Waals surface area contributed by atoms with Crippen LogP contribution < -0.4 is 10.6 Å². The molecule has 3 aromatic carbocycles. The number of rotatable bonds is 7. The maximum atomic E-state index is 12.7. The number of anilines is 1. The molecule has 0 saturated heterocycles. The number of aryl methyl sites for hydroxylation is 1. The molecular weight excluding hydrogens is 406 g/mol. The zero-order valence-corrected chi connectivity index (χ0v) is 18.0. The Labute approximate surface area is 185 Å². The van der Waals surface area contributed by atoms with Gasteiger partial charge in [-0.3, -0.25) is 9.59 Å². The lowest BCUT2D eigenvalue weighted by Gasteiger charge is -2.14. The number of hydrogen-bond acceptors (Lipinski definition) is 4. The lowest BCUT2D eigenvalue weighted by atomic mass is 10.1. The van der Waals surface area contributed by atoms with E-state index in [2.05, 4.69) is 27.1 Å². The Morgan fingerprint density at radius 1 is 0.935 bits per heavy atom. The van der Waals surface area contributed by atoms with E-state index >= 15 is 0 Å². The topological polar surface area (TPSA) is 71.1 Å². The molecule has 0 aliphatic heterocycles. The van der Waals surface area contributed by atoms with E-state index in [4.69, 9.17) is 0 Å². The Morgan fingerprint density at radius 2 is 1.71 bits per heavy atom. The maximum Gasteiger partial charge on any atom is 0.276 e. The highest BCUT2D eigenvalue weighted by atomic mass is 32.1. The van der Waals surface area contributed by atoms with Crippen LogP contribution >= 0.6 is 11.5 Å². The number of aromatic nitrogens is 1. The standard InChI is InChI=1S/C25H23N3O2S/c1-17(14-15-18-8-3-2-4-9-18)26-24(29)19-10-7-11-20(16-19)27-25(30)23-21-12-5-6-13-22(21)31-28-23/h2-13,16-17H,14-15H2,1H3,(H,26,29)(H,27,30)/t17-/m1/s1. The van der Waals surface area contributed by atoms with Gasteiger partial charge in [0.2, 0.25) is 0 Å². The van der Waals surface area contributed by atoms with Crippen molar-refractivity contribution in [1.82, 2.24) is 9.69 Å². The molecule has 1 aromatic heterocycles. The Bertz CT molecular complexity index is 1200. The molecule has 0 spiro atoms. The number of benzene rings is 3. The summed E-state index contributed by atoms with van der Waals surface area (Å²) in [5, 5.41) is 6.72. The lowest BCUT2D eigenvalue weighted by Crippen LogP contribution is -2.32. The number of carbonyl (C=O) groups is 2. The van der Waals surface area contributed by atoms with Gasteiger partial charge in [-0.1, -0.05) is 54.6 Å². The van der Waals surface area contributed by atoms with Crippen LogP contribution in [-0.4, -0.2) is 22.2 Å². The molecule has 0 saturated carbocycles. The van der Waals surface area contributed by atoms with Gasteiger partial charge < -0.3 is 10.6 Å². The average molecular weight is 430 g/mol. The normalized spacial score (nSPS) is 11.8. The van der Waals surface area contributed by atoms with Gasteiger partial charge in [-0.2, -0.15) is 4.37 Å². The number of nitrogens with zero attached hydrogens (tertiary/aromatic N) is 1. The average Bonchev–Trinajstić information content (AvgIpc) is 3.23. The van der Waals surface area contributed by atoms with Crippen LogP contribution in [-0.2, 0) is 6.42 Å². The summed E-state index contributed by atoms with van der Waals surface area (Å²) in [5.74, 6) is -0.443. The smallest absolute Gasteiger partial charge is 0.276 e. The Kier molecular flexibility index (Phi) is 6.38. The predicted molar refractivity (Wildman–Crippen MR) is 126 cm³/mol. The minimum Gasteiger partial charge on any atom is -0.350 e. The molecule has 2 N–H and O–H groups in total. The van der Waals surface area contributed by atoms with E-state index in [-0.39, 0.29) is 17.9 Å². The van der Waals surface area contributed by atoms with E-state index < -0.39 is 0 Å². The van der Waals surface area contributed by atoms with E-state index in [0.29, 0.717) is 16.9 Å². The molecule has 0 unspecified atom stereocenters. The van der Waals surface area contributed by atoms with Crippen LogP contribution in [0.15, 0.2) is 78.9 Å². The van der Waals surface area contributed by atoms with Crippen LogP contribution in [0, 0.1) is 0 Å². The highest BCUT2D eigenvalue weighted by Gasteiger charge is 2.15. The van der Waals surface area contributed by atoms with Gasteiger partial charge in [0.1, 0.15) is 5.69 Å². The third-order valence-corrected chi connectivity index (χ3v) is 5.89. The van der Waals surface area contributed by atoms with E-state index in [0.717, 1.165) is 22.9 Å². The van der Waals surface area contributed by atoms with Gasteiger partial charge in [-0.05, 0) is 61.1 Å². The summed E-state index contributed by atoms with van der Waals surface area (Å²) in [6, 6.07) is 24.8. The summed E-state index contributed by atoms with van der Waals surface area (Å²) in [4.78, 5) is 25.4. The molecule has 1 heterocycles. The first-order valence-electron chi connectivity index (χ1n) is 10.2. The fraction of sp³-hybridized carbons (Fsp3) is 0.160. The summed E-state index contributed by atoms with van der Waals surface area (Å²) < 4.78 is 5.25. The molecular formula is C25H23N3O2S. The Hall–Kier alpha value is -3.51. The second kappa shape index (κ2) is 9.53. The molecule has 0 radical (unpaired) electrons. The van der Waals surface area contributed by atoms with Gasteiger partial charge >= 0.3 is 0 Å². The third-order valence-electron chi connectivity index (χ3n) is 5.06. The molecule has 1 atom stereocenters. The Morgan fingerprint density at radius 3 is 2.55 bits per heavy atom. The molecule has 4 aromatic rings. The molecule has 0 bridgehead atoms. The highest BCUT2D eigenvalue weighted by molar-refractivity contribution is 7.13. The molecule has 0 aliphatic carbocycles. The van der Waals surface area contributed by atoms with E-state index in [1.54, 1.807) is 24.3 Å². The first kappa shape index (κ1) is 20.8. The van der Waals surface area contributed by atoms with Crippen molar-refractivity contribution in [1.29, 1.82) is 0 Å². The van der Waals surface area contributed by atoms with Gasteiger partial charge in [0.15, 0.2) is 0 Å². The molecule has 156 valence electrons. The van der Waals surface area contributed by atoms with Gasteiger partial charge in [-0.25, -0.2) is 0 Å². The monoisotopic (exact) mass is 429 g/mol. The van der Waals surface area contributed by atoms with Gasteiger partial charge in [0, 0.05) is 22.7 Å². The van der Waals surface area contributed by atoms with Gasteiger partial charge in [0.05, 0.1) is 4.70 Å². The number of amides is 2. The Balaban J connectivity index is 1.38. The molecule has 5 nitrogen and oxygen atoms in total. The van der Waals surface area contributed by atoms with Crippen molar-refractivity contribution in [3.8, 4) is 0 Å². The first-order valence-corrected chi connectivity index (χ1v) is 11.0. The zero-order chi connectivity index (χ0) is 21.6. The van der Waals surface area contributed by atoms with Crippen molar-refractivity contribution in [2.24, 2.45) is 0 Å². The number of carbonyl (C=O) groups excluding carboxylic acids is 2.